The predicted octanol–water partition coefficient (Wildman–Crippen LogP) is 3.14. The molecule has 1 fully saturated rings. The summed E-state index contributed by atoms with van der Waals surface area (Å²) in [5, 5.41) is 2.93. The minimum atomic E-state index is -3.59. The highest BCUT2D eigenvalue weighted by atomic mass is 32.2. The molecule has 1 aromatic heterocycles. The van der Waals surface area contributed by atoms with E-state index in [0.717, 1.165) is 31.5 Å². The molecule has 0 bridgehead atoms. The van der Waals surface area contributed by atoms with Crippen molar-refractivity contribution in [1.82, 2.24) is 14.3 Å². The van der Waals surface area contributed by atoms with Gasteiger partial charge < -0.3 is 10.2 Å². The van der Waals surface area contributed by atoms with Gasteiger partial charge in [0, 0.05) is 50.2 Å². The zero-order valence-electron chi connectivity index (χ0n) is 18.2. The van der Waals surface area contributed by atoms with Crippen molar-refractivity contribution in [3.8, 4) is 0 Å². The summed E-state index contributed by atoms with van der Waals surface area (Å²) in [6.45, 7) is 6.02. The number of aromatic nitrogens is 2. The van der Waals surface area contributed by atoms with Crippen LogP contribution in [0.4, 0.5) is 11.5 Å². The van der Waals surface area contributed by atoms with Gasteiger partial charge in [-0.15, -0.1) is 0 Å². The zero-order chi connectivity index (χ0) is 22.3. The van der Waals surface area contributed by atoms with Gasteiger partial charge in [0.15, 0.2) is 0 Å². The first-order valence-corrected chi connectivity index (χ1v) is 12.3. The number of hydrogen-bond acceptors (Lipinski definition) is 6. The molecule has 3 rings (SSSR count). The minimum Gasteiger partial charge on any atom is -0.353 e. The van der Waals surface area contributed by atoms with E-state index in [0.29, 0.717) is 31.9 Å². The summed E-state index contributed by atoms with van der Waals surface area (Å²) in [7, 11) is -3.59. The maximum absolute atomic E-state index is 13.0. The van der Waals surface area contributed by atoms with Crippen molar-refractivity contribution in [3.63, 3.8) is 0 Å². The number of sulfonamides is 1. The lowest BCUT2D eigenvalue weighted by molar-refractivity contribution is -0.120. The quantitative estimate of drug-likeness (QED) is 0.637. The van der Waals surface area contributed by atoms with Crippen LogP contribution in [-0.4, -0.2) is 54.8 Å². The maximum atomic E-state index is 13.0. The number of rotatable bonds is 9. The highest BCUT2D eigenvalue weighted by Crippen LogP contribution is 2.22. The third kappa shape index (κ3) is 5.80. The van der Waals surface area contributed by atoms with Gasteiger partial charge in [0.2, 0.25) is 15.9 Å². The van der Waals surface area contributed by atoms with E-state index in [9.17, 15) is 13.2 Å². The maximum Gasteiger partial charge on any atom is 0.243 e. The van der Waals surface area contributed by atoms with Crippen LogP contribution in [0.1, 0.15) is 39.5 Å². The van der Waals surface area contributed by atoms with E-state index in [4.69, 9.17) is 0 Å². The van der Waals surface area contributed by atoms with E-state index in [-0.39, 0.29) is 16.7 Å². The Morgan fingerprint density at radius 2 is 1.68 bits per heavy atom. The average molecular weight is 446 g/mol. The molecule has 0 atom stereocenters. The summed E-state index contributed by atoms with van der Waals surface area (Å²) in [6.07, 6.45) is 8.55. The van der Waals surface area contributed by atoms with Crippen molar-refractivity contribution >= 4 is 27.4 Å². The van der Waals surface area contributed by atoms with E-state index in [1.807, 2.05) is 4.90 Å². The SMILES string of the molecule is CCCC(CCC)C(=O)Nc1ccc(S(=O)(=O)N2CCN(c3cnccn3)CC2)cc1. The lowest BCUT2D eigenvalue weighted by atomic mass is 9.97. The molecule has 0 saturated carbocycles. The molecule has 8 nitrogen and oxygen atoms in total. The van der Waals surface area contributed by atoms with Crippen molar-refractivity contribution in [2.75, 3.05) is 36.4 Å². The van der Waals surface area contributed by atoms with Crippen LogP contribution in [0.3, 0.4) is 0 Å². The molecule has 1 saturated heterocycles. The van der Waals surface area contributed by atoms with Crippen LogP contribution >= 0.6 is 0 Å². The molecule has 1 aliphatic rings. The number of piperazine rings is 1. The average Bonchev–Trinajstić information content (AvgIpc) is 2.80. The molecule has 1 aliphatic heterocycles. The normalized spacial score (nSPS) is 15.3. The third-order valence-electron chi connectivity index (χ3n) is 5.52. The van der Waals surface area contributed by atoms with Crippen LogP contribution in [0, 0.1) is 5.92 Å². The topological polar surface area (TPSA) is 95.5 Å². The molecule has 168 valence electrons. The summed E-state index contributed by atoms with van der Waals surface area (Å²) in [5.74, 6) is 0.743. The Hall–Kier alpha value is -2.52. The Bertz CT molecular complexity index is 937. The third-order valence-corrected chi connectivity index (χ3v) is 7.43. The van der Waals surface area contributed by atoms with Gasteiger partial charge >= 0.3 is 0 Å². The number of amides is 1. The highest BCUT2D eigenvalue weighted by molar-refractivity contribution is 7.89. The number of hydrogen-bond donors (Lipinski definition) is 1. The molecule has 1 amide bonds. The standard InChI is InChI=1S/C22H31N5O3S/c1-3-5-18(6-4-2)22(28)25-19-7-9-20(10-8-19)31(29,30)27-15-13-26(14-16-27)21-17-23-11-12-24-21/h7-12,17-18H,3-6,13-16H2,1-2H3,(H,25,28). The fourth-order valence-electron chi connectivity index (χ4n) is 3.82. The van der Waals surface area contributed by atoms with Crippen molar-refractivity contribution in [2.24, 2.45) is 5.92 Å². The first-order valence-electron chi connectivity index (χ1n) is 10.9. The zero-order valence-corrected chi connectivity index (χ0v) is 19.0. The Morgan fingerprint density at radius 1 is 1.03 bits per heavy atom. The number of nitrogens with one attached hydrogen (secondary N) is 1. The Balaban J connectivity index is 1.61. The van der Waals surface area contributed by atoms with Gasteiger partial charge in [0.05, 0.1) is 11.1 Å². The monoisotopic (exact) mass is 445 g/mol. The fourth-order valence-corrected chi connectivity index (χ4v) is 5.24. The molecule has 0 radical (unpaired) electrons. The van der Waals surface area contributed by atoms with Crippen LogP contribution < -0.4 is 10.2 Å². The smallest absolute Gasteiger partial charge is 0.243 e. The van der Waals surface area contributed by atoms with Gasteiger partial charge in [-0.25, -0.2) is 13.4 Å². The Morgan fingerprint density at radius 3 is 2.23 bits per heavy atom. The molecule has 0 unspecified atom stereocenters. The number of benzene rings is 1. The summed E-state index contributed by atoms with van der Waals surface area (Å²) >= 11 is 0. The Labute approximate surface area is 184 Å². The van der Waals surface area contributed by atoms with E-state index in [1.165, 1.54) is 4.31 Å². The van der Waals surface area contributed by atoms with Crippen LogP contribution in [0.5, 0.6) is 0 Å². The minimum absolute atomic E-state index is 0.000518. The molecule has 31 heavy (non-hydrogen) atoms. The van der Waals surface area contributed by atoms with Crippen LogP contribution in [0.15, 0.2) is 47.8 Å². The van der Waals surface area contributed by atoms with Gasteiger partial charge in [0.1, 0.15) is 5.82 Å². The molecule has 0 spiro atoms. The second kappa shape index (κ2) is 10.7. The van der Waals surface area contributed by atoms with E-state index < -0.39 is 10.0 Å². The molecular weight excluding hydrogens is 414 g/mol. The van der Waals surface area contributed by atoms with E-state index in [2.05, 4.69) is 29.1 Å². The van der Waals surface area contributed by atoms with Gasteiger partial charge in [-0.3, -0.25) is 9.78 Å². The van der Waals surface area contributed by atoms with Gasteiger partial charge in [0.25, 0.3) is 0 Å². The highest BCUT2D eigenvalue weighted by Gasteiger charge is 2.29. The van der Waals surface area contributed by atoms with Crippen molar-refractivity contribution in [3.05, 3.63) is 42.9 Å². The summed E-state index contributed by atoms with van der Waals surface area (Å²) in [5.41, 5.74) is 0.619. The van der Waals surface area contributed by atoms with Crippen LogP contribution in [-0.2, 0) is 14.8 Å². The Kier molecular flexibility index (Phi) is 7.97. The molecule has 9 heteroatoms. The predicted molar refractivity (Wildman–Crippen MR) is 121 cm³/mol. The van der Waals surface area contributed by atoms with E-state index in [1.54, 1.807) is 42.9 Å². The number of carbonyl (C=O) groups excluding carboxylic acids is 1. The lowest BCUT2D eigenvalue weighted by Gasteiger charge is -2.34. The molecule has 1 N–H and O–H groups in total. The van der Waals surface area contributed by atoms with Crippen molar-refractivity contribution < 1.29 is 13.2 Å². The molecule has 2 heterocycles. The fraction of sp³-hybridized carbons (Fsp3) is 0.500. The second-order valence-corrected chi connectivity index (χ2v) is 9.68. The molecule has 2 aromatic rings. The first-order chi connectivity index (χ1) is 15.0. The molecule has 0 aliphatic carbocycles. The first kappa shape index (κ1) is 23.1. The largest absolute Gasteiger partial charge is 0.353 e. The van der Waals surface area contributed by atoms with E-state index >= 15 is 0 Å². The van der Waals surface area contributed by atoms with Crippen molar-refractivity contribution in [1.29, 1.82) is 0 Å². The summed E-state index contributed by atoms with van der Waals surface area (Å²) < 4.78 is 27.6. The second-order valence-electron chi connectivity index (χ2n) is 7.74. The lowest BCUT2D eigenvalue weighted by Crippen LogP contribution is -2.48. The number of carbonyl (C=O) groups is 1. The number of nitrogens with zero attached hydrogens (tertiary/aromatic N) is 4. The number of anilines is 2. The van der Waals surface area contributed by atoms with Gasteiger partial charge in [-0.1, -0.05) is 26.7 Å². The van der Waals surface area contributed by atoms with Crippen molar-refractivity contribution in [2.45, 2.75) is 44.4 Å². The molecule has 1 aromatic carbocycles. The summed E-state index contributed by atoms with van der Waals surface area (Å²) in [4.78, 5) is 23.1. The van der Waals surface area contributed by atoms with Crippen LogP contribution in [0.2, 0.25) is 0 Å². The van der Waals surface area contributed by atoms with Crippen LogP contribution in [0.25, 0.3) is 0 Å². The van der Waals surface area contributed by atoms with Gasteiger partial charge in [-0.2, -0.15) is 4.31 Å². The summed E-state index contributed by atoms with van der Waals surface area (Å²) in [6, 6.07) is 6.45. The van der Waals surface area contributed by atoms with Gasteiger partial charge in [-0.05, 0) is 37.1 Å². The molecular formula is C22H31N5O3S.